The number of piperidine rings is 1. The van der Waals surface area contributed by atoms with E-state index >= 15 is 0 Å². The average Bonchev–Trinajstić information content (AvgIpc) is 3.51. The molecule has 0 spiro atoms. The number of aromatic nitrogens is 6. The molecular weight excluding hydrogens is 456 g/mol. The summed E-state index contributed by atoms with van der Waals surface area (Å²) in [6, 6.07) is 7.57. The normalized spacial score (nSPS) is 14.8. The largest absolute Gasteiger partial charge is 0.479 e. The molecule has 1 atom stereocenters. The maximum absolute atomic E-state index is 10.1. The van der Waals surface area contributed by atoms with Gasteiger partial charge in [-0.05, 0) is 44.9 Å². The SMILES string of the molecule is CC#Cc1cnn2cc(-c3nnn(C4CCN(C#N)CC4)c3C)cc(O[C@H](CO)c3ccccn3)c12. The molecule has 1 aliphatic heterocycles. The van der Waals surface area contributed by atoms with Crippen LogP contribution in [0.1, 0.15) is 48.9 Å². The van der Waals surface area contributed by atoms with Crippen LogP contribution in [0.15, 0.2) is 42.9 Å². The Hall–Kier alpha value is -4.41. The van der Waals surface area contributed by atoms with Crippen molar-refractivity contribution in [1.29, 1.82) is 5.26 Å². The highest BCUT2D eigenvalue weighted by molar-refractivity contribution is 5.75. The van der Waals surface area contributed by atoms with Crippen LogP contribution >= 0.6 is 0 Å². The van der Waals surface area contributed by atoms with Gasteiger partial charge in [-0.2, -0.15) is 10.4 Å². The van der Waals surface area contributed by atoms with Crippen molar-refractivity contribution in [3.05, 3.63) is 59.8 Å². The standard InChI is InChI=1S/C26H26N8O2/c1-3-6-19-14-29-33-15-20(13-23(26(19)33)36-24(16-35)22-7-4-5-10-28-22)25-18(2)34(31-30-25)21-8-11-32(17-27)12-9-21/h4-5,7,10,13-15,21,24,35H,8-9,11-12,16H2,1-2H3/t24-/m1/s1. The predicted octanol–water partition coefficient (Wildman–Crippen LogP) is 2.90. The van der Waals surface area contributed by atoms with Gasteiger partial charge < -0.3 is 14.7 Å². The summed E-state index contributed by atoms with van der Waals surface area (Å²) < 4.78 is 10.0. The number of nitrogens with zero attached hydrogens (tertiary/aromatic N) is 8. The molecule has 0 radical (unpaired) electrons. The lowest BCUT2D eigenvalue weighted by atomic mass is 10.0. The Balaban J connectivity index is 1.55. The van der Waals surface area contributed by atoms with Crippen molar-refractivity contribution in [2.45, 2.75) is 38.8 Å². The third-order valence-corrected chi connectivity index (χ3v) is 6.44. The van der Waals surface area contributed by atoms with Crippen molar-refractivity contribution >= 4 is 5.52 Å². The zero-order chi connectivity index (χ0) is 25.1. The van der Waals surface area contributed by atoms with E-state index in [0.29, 0.717) is 30.0 Å². The van der Waals surface area contributed by atoms with Gasteiger partial charge in [-0.1, -0.05) is 17.2 Å². The van der Waals surface area contributed by atoms with Gasteiger partial charge in [0.2, 0.25) is 0 Å². The number of pyridine rings is 2. The number of ether oxygens (including phenoxy) is 1. The lowest BCUT2D eigenvalue weighted by Gasteiger charge is -2.28. The molecule has 0 amide bonds. The Kier molecular flexibility index (Phi) is 6.52. The van der Waals surface area contributed by atoms with E-state index in [4.69, 9.17) is 10.00 Å². The van der Waals surface area contributed by atoms with Crippen LogP contribution in [0, 0.1) is 30.2 Å². The van der Waals surface area contributed by atoms with Gasteiger partial charge in [0, 0.05) is 31.0 Å². The molecule has 5 rings (SSSR count). The molecule has 10 nitrogen and oxygen atoms in total. The minimum absolute atomic E-state index is 0.189. The highest BCUT2D eigenvalue weighted by atomic mass is 16.5. The van der Waals surface area contributed by atoms with Crippen molar-refractivity contribution in [3.8, 4) is 35.0 Å². The fourth-order valence-electron chi connectivity index (χ4n) is 4.61. The van der Waals surface area contributed by atoms with Gasteiger partial charge in [0.25, 0.3) is 0 Å². The molecule has 0 bridgehead atoms. The summed E-state index contributed by atoms with van der Waals surface area (Å²) in [4.78, 5) is 6.12. The van der Waals surface area contributed by atoms with E-state index in [0.717, 1.165) is 35.4 Å². The molecule has 36 heavy (non-hydrogen) atoms. The summed E-state index contributed by atoms with van der Waals surface area (Å²) in [6.07, 6.45) is 8.49. The molecule has 182 valence electrons. The topological polar surface area (TPSA) is 117 Å². The third-order valence-electron chi connectivity index (χ3n) is 6.44. The number of nitriles is 1. The summed E-state index contributed by atoms with van der Waals surface area (Å²) in [7, 11) is 0. The van der Waals surface area contributed by atoms with Crippen LogP contribution in [-0.4, -0.2) is 59.3 Å². The molecular formula is C26H26N8O2. The quantitative estimate of drug-likeness (QED) is 0.329. The van der Waals surface area contributed by atoms with E-state index < -0.39 is 6.10 Å². The molecule has 0 aliphatic carbocycles. The molecule has 5 heterocycles. The van der Waals surface area contributed by atoms with E-state index in [1.807, 2.05) is 42.1 Å². The molecule has 0 unspecified atom stereocenters. The summed E-state index contributed by atoms with van der Waals surface area (Å²) in [6.45, 7) is 4.95. The Bertz CT molecular complexity index is 1470. The minimum atomic E-state index is -0.662. The highest BCUT2D eigenvalue weighted by Crippen LogP contribution is 2.34. The number of aliphatic hydroxyl groups excluding tert-OH is 1. The van der Waals surface area contributed by atoms with E-state index in [-0.39, 0.29) is 12.6 Å². The molecule has 1 saturated heterocycles. The van der Waals surface area contributed by atoms with Crippen molar-refractivity contribution in [3.63, 3.8) is 0 Å². The van der Waals surface area contributed by atoms with Gasteiger partial charge in [0.1, 0.15) is 17.0 Å². The number of rotatable bonds is 6. The first-order valence-electron chi connectivity index (χ1n) is 11.8. The fourth-order valence-corrected chi connectivity index (χ4v) is 4.61. The molecule has 1 aliphatic rings. The number of hydrogen-bond donors (Lipinski definition) is 1. The lowest BCUT2D eigenvalue weighted by Crippen LogP contribution is -2.31. The van der Waals surface area contributed by atoms with Crippen molar-refractivity contribution in [2.75, 3.05) is 19.7 Å². The first-order valence-corrected chi connectivity index (χ1v) is 11.8. The van der Waals surface area contributed by atoms with Crippen molar-refractivity contribution < 1.29 is 9.84 Å². The van der Waals surface area contributed by atoms with Gasteiger partial charge in [0.05, 0.1) is 35.8 Å². The highest BCUT2D eigenvalue weighted by Gasteiger charge is 2.25. The zero-order valence-electron chi connectivity index (χ0n) is 20.2. The molecule has 4 aromatic heterocycles. The third kappa shape index (κ3) is 4.35. The van der Waals surface area contributed by atoms with E-state index in [9.17, 15) is 5.11 Å². The van der Waals surface area contributed by atoms with Crippen LogP contribution in [0.4, 0.5) is 0 Å². The first-order chi connectivity index (χ1) is 17.6. The number of aliphatic hydroxyl groups is 1. The van der Waals surface area contributed by atoms with Crippen LogP contribution in [-0.2, 0) is 0 Å². The van der Waals surface area contributed by atoms with Gasteiger partial charge in [-0.15, -0.1) is 11.0 Å². The van der Waals surface area contributed by atoms with Crippen LogP contribution in [0.2, 0.25) is 0 Å². The van der Waals surface area contributed by atoms with Crippen molar-refractivity contribution in [2.24, 2.45) is 0 Å². The number of hydrogen-bond acceptors (Lipinski definition) is 8. The second-order valence-corrected chi connectivity index (χ2v) is 8.65. The first kappa shape index (κ1) is 23.3. The molecule has 1 fully saturated rings. The smallest absolute Gasteiger partial charge is 0.179 e. The fraction of sp³-hybridized carbons (Fsp3) is 0.346. The Morgan fingerprint density at radius 3 is 2.81 bits per heavy atom. The Labute approximate surface area is 208 Å². The van der Waals surface area contributed by atoms with Crippen LogP contribution < -0.4 is 4.74 Å². The summed E-state index contributed by atoms with van der Waals surface area (Å²) in [5.41, 5.74) is 4.49. The summed E-state index contributed by atoms with van der Waals surface area (Å²) >= 11 is 0. The maximum atomic E-state index is 10.1. The van der Waals surface area contributed by atoms with E-state index in [1.54, 1.807) is 28.7 Å². The van der Waals surface area contributed by atoms with Crippen LogP contribution in [0.25, 0.3) is 16.8 Å². The van der Waals surface area contributed by atoms with Gasteiger partial charge in [-0.3, -0.25) is 4.98 Å². The lowest BCUT2D eigenvalue weighted by molar-refractivity contribution is 0.114. The van der Waals surface area contributed by atoms with Crippen molar-refractivity contribution in [1.82, 2.24) is 34.5 Å². The van der Waals surface area contributed by atoms with E-state index in [2.05, 4.69) is 38.4 Å². The molecule has 0 aromatic carbocycles. The zero-order valence-corrected chi connectivity index (χ0v) is 20.2. The molecule has 4 aromatic rings. The monoisotopic (exact) mass is 482 g/mol. The van der Waals surface area contributed by atoms with Gasteiger partial charge in [0.15, 0.2) is 12.3 Å². The van der Waals surface area contributed by atoms with Gasteiger partial charge in [-0.25, -0.2) is 9.20 Å². The average molecular weight is 483 g/mol. The number of fused-ring (bicyclic) bond motifs is 1. The number of likely N-dealkylation sites (tertiary alicyclic amines) is 1. The summed E-state index contributed by atoms with van der Waals surface area (Å²) in [5, 5.41) is 32.7. The Morgan fingerprint density at radius 1 is 1.28 bits per heavy atom. The summed E-state index contributed by atoms with van der Waals surface area (Å²) in [5.74, 6) is 6.52. The van der Waals surface area contributed by atoms with Crippen LogP contribution in [0.3, 0.4) is 0 Å². The Morgan fingerprint density at radius 2 is 2.11 bits per heavy atom. The van der Waals surface area contributed by atoms with Gasteiger partial charge >= 0.3 is 0 Å². The molecule has 10 heteroatoms. The second-order valence-electron chi connectivity index (χ2n) is 8.65. The second kappa shape index (κ2) is 10.1. The van der Waals surface area contributed by atoms with E-state index in [1.165, 1.54) is 0 Å². The van der Waals surface area contributed by atoms with Crippen LogP contribution in [0.5, 0.6) is 5.75 Å². The maximum Gasteiger partial charge on any atom is 0.179 e. The predicted molar refractivity (Wildman–Crippen MR) is 132 cm³/mol. The molecule has 0 saturated carbocycles. The minimum Gasteiger partial charge on any atom is -0.479 e. The molecule has 1 N–H and O–H groups in total.